The van der Waals surface area contributed by atoms with Crippen molar-refractivity contribution in [2.75, 3.05) is 20.1 Å². The van der Waals surface area contributed by atoms with Gasteiger partial charge in [-0.15, -0.1) is 0 Å². The third kappa shape index (κ3) is 2.82. The molecule has 0 radical (unpaired) electrons. The predicted molar refractivity (Wildman–Crippen MR) is 66.3 cm³/mol. The number of rotatable bonds is 4. The molecule has 0 bridgehead atoms. The Bertz CT molecular complexity index is 346. The first kappa shape index (κ1) is 12.5. The molecule has 2 rings (SSSR count). The standard InChI is InChI=1S/C13H20FN3/c1-3-13(12-5-4-10(14)8-16-12)17(2)11-6-7-15-9-11/h4-5,8,11,13,15H,3,6-7,9H2,1-2H3. The molecular formula is C13H20FN3. The third-order valence-corrected chi connectivity index (χ3v) is 3.58. The van der Waals surface area contributed by atoms with Gasteiger partial charge in [0.2, 0.25) is 0 Å². The Morgan fingerprint density at radius 1 is 1.59 bits per heavy atom. The fourth-order valence-corrected chi connectivity index (χ4v) is 2.53. The minimum Gasteiger partial charge on any atom is -0.315 e. The van der Waals surface area contributed by atoms with Gasteiger partial charge in [-0.1, -0.05) is 6.92 Å². The first-order chi connectivity index (χ1) is 8.22. The lowest BCUT2D eigenvalue weighted by molar-refractivity contribution is 0.176. The van der Waals surface area contributed by atoms with E-state index in [9.17, 15) is 4.39 Å². The van der Waals surface area contributed by atoms with Gasteiger partial charge in [0.25, 0.3) is 0 Å². The SMILES string of the molecule is CCC(c1ccc(F)cn1)N(C)C1CCNC1. The summed E-state index contributed by atoms with van der Waals surface area (Å²) in [7, 11) is 2.14. The van der Waals surface area contributed by atoms with Crippen LogP contribution in [0.25, 0.3) is 0 Å². The number of nitrogens with zero attached hydrogens (tertiary/aromatic N) is 2. The van der Waals surface area contributed by atoms with E-state index in [2.05, 4.69) is 29.2 Å². The van der Waals surface area contributed by atoms with Crippen molar-refractivity contribution in [3.63, 3.8) is 0 Å². The van der Waals surface area contributed by atoms with Crippen LogP contribution in [-0.2, 0) is 0 Å². The van der Waals surface area contributed by atoms with Gasteiger partial charge in [-0.2, -0.15) is 0 Å². The second-order valence-electron chi connectivity index (χ2n) is 4.64. The van der Waals surface area contributed by atoms with Crippen molar-refractivity contribution in [3.05, 3.63) is 29.8 Å². The zero-order valence-electron chi connectivity index (χ0n) is 10.5. The van der Waals surface area contributed by atoms with Crippen molar-refractivity contribution in [3.8, 4) is 0 Å². The van der Waals surface area contributed by atoms with E-state index in [0.29, 0.717) is 6.04 Å². The lowest BCUT2D eigenvalue weighted by Gasteiger charge is -2.31. The molecule has 1 saturated heterocycles. The number of pyridine rings is 1. The van der Waals surface area contributed by atoms with Crippen LogP contribution in [0.4, 0.5) is 4.39 Å². The number of halogens is 1. The van der Waals surface area contributed by atoms with E-state index in [1.54, 1.807) is 6.07 Å². The van der Waals surface area contributed by atoms with Crippen LogP contribution in [0, 0.1) is 5.82 Å². The average Bonchev–Trinajstić information content (AvgIpc) is 2.86. The largest absolute Gasteiger partial charge is 0.315 e. The highest BCUT2D eigenvalue weighted by Gasteiger charge is 2.26. The van der Waals surface area contributed by atoms with Crippen LogP contribution in [0.1, 0.15) is 31.5 Å². The summed E-state index contributed by atoms with van der Waals surface area (Å²) in [5, 5.41) is 3.37. The molecular weight excluding hydrogens is 217 g/mol. The Kier molecular flexibility index (Phi) is 4.07. The molecule has 1 fully saturated rings. The lowest BCUT2D eigenvalue weighted by Crippen LogP contribution is -2.36. The zero-order chi connectivity index (χ0) is 12.3. The fraction of sp³-hybridized carbons (Fsp3) is 0.615. The maximum Gasteiger partial charge on any atom is 0.141 e. The molecule has 0 spiro atoms. The lowest BCUT2D eigenvalue weighted by atomic mass is 10.1. The summed E-state index contributed by atoms with van der Waals surface area (Å²) in [4.78, 5) is 6.57. The van der Waals surface area contributed by atoms with Gasteiger partial charge in [0.15, 0.2) is 0 Å². The highest BCUT2D eigenvalue weighted by atomic mass is 19.1. The molecule has 1 N–H and O–H groups in total. The van der Waals surface area contributed by atoms with Crippen LogP contribution in [0.3, 0.4) is 0 Å². The summed E-state index contributed by atoms with van der Waals surface area (Å²) < 4.78 is 12.9. The van der Waals surface area contributed by atoms with Crippen molar-refractivity contribution in [2.45, 2.75) is 31.8 Å². The van der Waals surface area contributed by atoms with E-state index < -0.39 is 0 Å². The van der Waals surface area contributed by atoms with Crippen LogP contribution in [-0.4, -0.2) is 36.1 Å². The Hall–Kier alpha value is -1.00. The van der Waals surface area contributed by atoms with Gasteiger partial charge in [-0.05, 0) is 38.6 Å². The van der Waals surface area contributed by atoms with E-state index in [-0.39, 0.29) is 11.9 Å². The molecule has 0 saturated carbocycles. The van der Waals surface area contributed by atoms with Crippen molar-refractivity contribution >= 4 is 0 Å². The van der Waals surface area contributed by atoms with Gasteiger partial charge in [0.05, 0.1) is 17.9 Å². The number of aromatic nitrogens is 1. The highest BCUT2D eigenvalue weighted by Crippen LogP contribution is 2.24. The summed E-state index contributed by atoms with van der Waals surface area (Å²) >= 11 is 0. The summed E-state index contributed by atoms with van der Waals surface area (Å²) in [6, 6.07) is 4.13. The first-order valence-corrected chi connectivity index (χ1v) is 6.26. The van der Waals surface area contributed by atoms with Gasteiger partial charge < -0.3 is 5.32 Å². The maximum absolute atomic E-state index is 12.9. The summed E-state index contributed by atoms with van der Waals surface area (Å²) in [6.45, 7) is 4.27. The van der Waals surface area contributed by atoms with Crippen molar-refractivity contribution in [1.82, 2.24) is 15.2 Å². The smallest absolute Gasteiger partial charge is 0.141 e. The zero-order valence-corrected chi connectivity index (χ0v) is 10.5. The van der Waals surface area contributed by atoms with Crippen LogP contribution in [0.5, 0.6) is 0 Å². The van der Waals surface area contributed by atoms with Crippen LogP contribution in [0.2, 0.25) is 0 Å². The van der Waals surface area contributed by atoms with Crippen LogP contribution < -0.4 is 5.32 Å². The monoisotopic (exact) mass is 237 g/mol. The van der Waals surface area contributed by atoms with Gasteiger partial charge in [0.1, 0.15) is 5.82 Å². The molecule has 1 aliphatic heterocycles. The highest BCUT2D eigenvalue weighted by molar-refractivity contribution is 5.10. The summed E-state index contributed by atoms with van der Waals surface area (Å²) in [6.07, 6.45) is 3.47. The van der Waals surface area contributed by atoms with E-state index in [1.165, 1.54) is 18.7 Å². The Balaban J connectivity index is 2.11. The quantitative estimate of drug-likeness (QED) is 0.867. The molecule has 17 heavy (non-hydrogen) atoms. The van der Waals surface area contributed by atoms with E-state index in [4.69, 9.17) is 0 Å². The fourth-order valence-electron chi connectivity index (χ4n) is 2.53. The molecule has 94 valence electrons. The van der Waals surface area contributed by atoms with Gasteiger partial charge in [-0.25, -0.2) is 4.39 Å². The van der Waals surface area contributed by atoms with E-state index in [0.717, 1.165) is 25.2 Å². The maximum atomic E-state index is 12.9. The molecule has 1 aromatic rings. The molecule has 2 unspecified atom stereocenters. The molecule has 3 nitrogen and oxygen atoms in total. The molecule has 1 aromatic heterocycles. The second-order valence-corrected chi connectivity index (χ2v) is 4.64. The number of hydrogen-bond donors (Lipinski definition) is 1. The Morgan fingerprint density at radius 3 is 2.94 bits per heavy atom. The molecule has 0 amide bonds. The number of nitrogens with one attached hydrogen (secondary N) is 1. The Morgan fingerprint density at radius 2 is 2.41 bits per heavy atom. The minimum atomic E-state index is -0.270. The average molecular weight is 237 g/mol. The van der Waals surface area contributed by atoms with Gasteiger partial charge in [-0.3, -0.25) is 9.88 Å². The molecule has 0 aliphatic carbocycles. The molecule has 0 aromatic carbocycles. The minimum absolute atomic E-state index is 0.270. The molecule has 1 aliphatic rings. The predicted octanol–water partition coefficient (Wildman–Crippen LogP) is 1.97. The van der Waals surface area contributed by atoms with E-state index in [1.807, 2.05) is 0 Å². The first-order valence-electron chi connectivity index (χ1n) is 6.26. The van der Waals surface area contributed by atoms with Crippen LogP contribution in [0.15, 0.2) is 18.3 Å². The van der Waals surface area contributed by atoms with Crippen LogP contribution >= 0.6 is 0 Å². The van der Waals surface area contributed by atoms with Crippen molar-refractivity contribution < 1.29 is 4.39 Å². The van der Waals surface area contributed by atoms with Crippen molar-refractivity contribution in [2.24, 2.45) is 0 Å². The van der Waals surface area contributed by atoms with Gasteiger partial charge >= 0.3 is 0 Å². The van der Waals surface area contributed by atoms with Crippen molar-refractivity contribution in [1.29, 1.82) is 0 Å². The number of hydrogen-bond acceptors (Lipinski definition) is 3. The molecule has 2 atom stereocenters. The topological polar surface area (TPSA) is 28.2 Å². The Labute approximate surface area is 102 Å². The third-order valence-electron chi connectivity index (χ3n) is 3.58. The molecule has 2 heterocycles. The second kappa shape index (κ2) is 5.56. The summed E-state index contributed by atoms with van der Waals surface area (Å²) in [5.74, 6) is -0.270. The normalized spacial score (nSPS) is 22.0. The molecule has 4 heteroatoms. The summed E-state index contributed by atoms with van der Waals surface area (Å²) in [5.41, 5.74) is 0.961. The number of likely N-dealkylation sites (N-methyl/N-ethyl adjacent to an activating group) is 1. The van der Waals surface area contributed by atoms with E-state index >= 15 is 0 Å². The van der Waals surface area contributed by atoms with Gasteiger partial charge in [0, 0.05) is 12.6 Å².